The molecule has 1 saturated carbocycles. The predicted molar refractivity (Wildman–Crippen MR) is 57.5 cm³/mol. The minimum atomic E-state index is 0.121. The molecule has 3 heteroatoms. The van der Waals surface area contributed by atoms with Crippen LogP contribution in [0.2, 0.25) is 5.02 Å². The lowest BCUT2D eigenvalue weighted by Gasteiger charge is -2.07. The number of carbonyl (C=O) groups is 1. The van der Waals surface area contributed by atoms with Gasteiger partial charge in [-0.3, -0.25) is 4.79 Å². The Balaban J connectivity index is 2.14. The first-order valence-corrected chi connectivity index (χ1v) is 5.11. The van der Waals surface area contributed by atoms with Crippen LogP contribution in [0.15, 0.2) is 18.2 Å². The van der Waals surface area contributed by atoms with Gasteiger partial charge in [-0.1, -0.05) is 17.7 Å². The van der Waals surface area contributed by atoms with Crippen LogP contribution >= 0.6 is 11.6 Å². The quantitative estimate of drug-likeness (QED) is 0.797. The number of halogens is 1. The number of carbonyl (C=O) groups excluding carboxylic acids is 1. The van der Waals surface area contributed by atoms with Crippen LogP contribution in [0.3, 0.4) is 0 Å². The van der Waals surface area contributed by atoms with Crippen LogP contribution < -0.4 is 5.32 Å². The molecule has 1 aromatic rings. The summed E-state index contributed by atoms with van der Waals surface area (Å²) < 4.78 is 0. The highest BCUT2D eigenvalue weighted by Crippen LogP contribution is 2.31. The number of benzene rings is 1. The van der Waals surface area contributed by atoms with Crippen LogP contribution in [-0.4, -0.2) is 5.91 Å². The van der Waals surface area contributed by atoms with Gasteiger partial charge in [0.1, 0.15) is 0 Å². The minimum Gasteiger partial charge on any atom is -0.326 e. The van der Waals surface area contributed by atoms with Crippen molar-refractivity contribution in [3.63, 3.8) is 0 Å². The third-order valence-corrected chi connectivity index (χ3v) is 2.64. The van der Waals surface area contributed by atoms with Gasteiger partial charge in [0, 0.05) is 16.6 Å². The van der Waals surface area contributed by atoms with E-state index < -0.39 is 0 Å². The van der Waals surface area contributed by atoms with Crippen LogP contribution in [-0.2, 0) is 4.79 Å². The van der Waals surface area contributed by atoms with Gasteiger partial charge in [0.15, 0.2) is 0 Å². The van der Waals surface area contributed by atoms with E-state index in [1.54, 1.807) is 6.07 Å². The average molecular weight is 210 g/mol. The lowest BCUT2D eigenvalue weighted by atomic mass is 10.2. The highest BCUT2D eigenvalue weighted by molar-refractivity contribution is 6.31. The predicted octanol–water partition coefficient (Wildman–Crippen LogP) is 3.00. The molecule has 2 rings (SSSR count). The summed E-state index contributed by atoms with van der Waals surface area (Å²) in [5.41, 5.74) is 1.87. The molecule has 1 aliphatic carbocycles. The summed E-state index contributed by atoms with van der Waals surface area (Å²) >= 11 is 5.84. The number of hydrogen-bond acceptors (Lipinski definition) is 1. The highest BCUT2D eigenvalue weighted by Gasteiger charge is 2.29. The summed E-state index contributed by atoms with van der Waals surface area (Å²) in [6.07, 6.45) is 2.04. The van der Waals surface area contributed by atoms with E-state index in [-0.39, 0.29) is 11.8 Å². The SMILES string of the molecule is Cc1ccc(Cl)cc1NC(=O)C1CC1. The number of amides is 1. The Morgan fingerprint density at radius 3 is 2.86 bits per heavy atom. The van der Waals surface area contributed by atoms with Gasteiger partial charge < -0.3 is 5.32 Å². The van der Waals surface area contributed by atoms with E-state index in [9.17, 15) is 4.79 Å². The molecule has 1 aromatic carbocycles. The molecule has 0 spiro atoms. The number of rotatable bonds is 2. The lowest BCUT2D eigenvalue weighted by molar-refractivity contribution is -0.117. The zero-order chi connectivity index (χ0) is 10.1. The molecule has 0 unspecified atom stereocenters. The Kier molecular flexibility index (Phi) is 2.46. The van der Waals surface area contributed by atoms with Gasteiger partial charge in [0.05, 0.1) is 0 Å². The van der Waals surface area contributed by atoms with Crippen molar-refractivity contribution in [2.45, 2.75) is 19.8 Å². The van der Waals surface area contributed by atoms with Crippen LogP contribution in [0.5, 0.6) is 0 Å². The molecule has 2 nitrogen and oxygen atoms in total. The average Bonchev–Trinajstić information content (AvgIpc) is 2.94. The fraction of sp³-hybridized carbons (Fsp3) is 0.364. The fourth-order valence-corrected chi connectivity index (χ4v) is 1.48. The van der Waals surface area contributed by atoms with Crippen molar-refractivity contribution < 1.29 is 4.79 Å². The Bertz CT molecular complexity index is 372. The molecule has 0 bridgehead atoms. The summed E-state index contributed by atoms with van der Waals surface area (Å²) in [5.74, 6) is 0.351. The van der Waals surface area contributed by atoms with Gasteiger partial charge in [-0.05, 0) is 37.5 Å². The standard InChI is InChI=1S/C11H12ClNO/c1-7-2-5-9(12)6-10(7)13-11(14)8-3-4-8/h2,5-6,8H,3-4H2,1H3,(H,13,14). The topological polar surface area (TPSA) is 29.1 Å². The van der Waals surface area contributed by atoms with E-state index >= 15 is 0 Å². The van der Waals surface area contributed by atoms with E-state index in [0.29, 0.717) is 5.02 Å². The molecule has 0 aliphatic heterocycles. The molecular weight excluding hydrogens is 198 g/mol. The van der Waals surface area contributed by atoms with Crippen LogP contribution in [0.4, 0.5) is 5.69 Å². The lowest BCUT2D eigenvalue weighted by Crippen LogP contribution is -2.14. The fourth-order valence-electron chi connectivity index (χ4n) is 1.31. The molecule has 0 radical (unpaired) electrons. The Morgan fingerprint density at radius 2 is 2.21 bits per heavy atom. The maximum atomic E-state index is 11.5. The van der Waals surface area contributed by atoms with E-state index in [0.717, 1.165) is 24.1 Å². The van der Waals surface area contributed by atoms with Crippen molar-refractivity contribution in [1.82, 2.24) is 0 Å². The van der Waals surface area contributed by atoms with Gasteiger partial charge in [0.2, 0.25) is 5.91 Å². The van der Waals surface area contributed by atoms with Crippen molar-refractivity contribution >= 4 is 23.2 Å². The zero-order valence-corrected chi connectivity index (χ0v) is 8.77. The smallest absolute Gasteiger partial charge is 0.227 e. The minimum absolute atomic E-state index is 0.121. The molecule has 1 aliphatic rings. The second-order valence-corrected chi connectivity index (χ2v) is 4.16. The second kappa shape index (κ2) is 3.62. The van der Waals surface area contributed by atoms with Crippen LogP contribution in [0.1, 0.15) is 18.4 Å². The zero-order valence-electron chi connectivity index (χ0n) is 8.01. The van der Waals surface area contributed by atoms with Crippen LogP contribution in [0.25, 0.3) is 0 Å². The van der Waals surface area contributed by atoms with E-state index in [1.165, 1.54) is 0 Å². The molecule has 0 saturated heterocycles. The maximum absolute atomic E-state index is 11.5. The first kappa shape index (κ1) is 9.53. The molecule has 14 heavy (non-hydrogen) atoms. The van der Waals surface area contributed by atoms with Crippen LogP contribution in [0, 0.1) is 12.8 Å². The Labute approximate surface area is 88.3 Å². The highest BCUT2D eigenvalue weighted by atomic mass is 35.5. The summed E-state index contributed by atoms with van der Waals surface area (Å²) in [6, 6.07) is 5.52. The summed E-state index contributed by atoms with van der Waals surface area (Å²) in [6.45, 7) is 1.96. The second-order valence-electron chi connectivity index (χ2n) is 3.72. The van der Waals surface area contributed by atoms with Gasteiger partial charge >= 0.3 is 0 Å². The number of nitrogens with one attached hydrogen (secondary N) is 1. The molecule has 1 amide bonds. The number of aryl methyl sites for hydroxylation is 1. The largest absolute Gasteiger partial charge is 0.326 e. The first-order valence-electron chi connectivity index (χ1n) is 4.74. The van der Waals surface area contributed by atoms with Crippen molar-refractivity contribution in [3.8, 4) is 0 Å². The monoisotopic (exact) mass is 209 g/mol. The molecule has 1 N–H and O–H groups in total. The summed E-state index contributed by atoms with van der Waals surface area (Å²) in [7, 11) is 0. The molecule has 74 valence electrons. The van der Waals surface area contributed by atoms with Gasteiger partial charge in [-0.25, -0.2) is 0 Å². The van der Waals surface area contributed by atoms with Crippen molar-refractivity contribution in [2.75, 3.05) is 5.32 Å². The summed E-state index contributed by atoms with van der Waals surface area (Å²) in [4.78, 5) is 11.5. The van der Waals surface area contributed by atoms with Gasteiger partial charge in [0.25, 0.3) is 0 Å². The summed E-state index contributed by atoms with van der Waals surface area (Å²) in [5, 5.41) is 3.54. The number of hydrogen-bond donors (Lipinski definition) is 1. The third kappa shape index (κ3) is 2.07. The maximum Gasteiger partial charge on any atom is 0.227 e. The first-order chi connectivity index (χ1) is 6.66. The van der Waals surface area contributed by atoms with Gasteiger partial charge in [-0.2, -0.15) is 0 Å². The Hall–Kier alpha value is -1.02. The van der Waals surface area contributed by atoms with Crippen molar-refractivity contribution in [2.24, 2.45) is 5.92 Å². The Morgan fingerprint density at radius 1 is 1.50 bits per heavy atom. The van der Waals surface area contributed by atoms with E-state index in [1.807, 2.05) is 19.1 Å². The molecule has 1 fully saturated rings. The molecule has 0 heterocycles. The van der Waals surface area contributed by atoms with E-state index in [2.05, 4.69) is 5.32 Å². The third-order valence-electron chi connectivity index (χ3n) is 2.41. The van der Waals surface area contributed by atoms with Crippen molar-refractivity contribution in [3.05, 3.63) is 28.8 Å². The number of anilines is 1. The normalized spacial score (nSPS) is 15.3. The molecular formula is C11H12ClNO. The molecule has 0 atom stereocenters. The molecule has 0 aromatic heterocycles. The van der Waals surface area contributed by atoms with Gasteiger partial charge in [-0.15, -0.1) is 0 Å². The van der Waals surface area contributed by atoms with E-state index in [4.69, 9.17) is 11.6 Å². The van der Waals surface area contributed by atoms with Crippen molar-refractivity contribution in [1.29, 1.82) is 0 Å².